The molecule has 2 rings (SSSR count). The van der Waals surface area contributed by atoms with Crippen molar-refractivity contribution in [3.05, 3.63) is 42.2 Å². The second-order valence-corrected chi connectivity index (χ2v) is 7.70. The van der Waals surface area contributed by atoms with Crippen molar-refractivity contribution in [1.29, 1.82) is 0 Å². The van der Waals surface area contributed by atoms with Gasteiger partial charge in [0, 0.05) is 0 Å². The molecule has 19 heavy (non-hydrogen) atoms. The third-order valence-electron chi connectivity index (χ3n) is 3.45. The topological polar surface area (TPSA) is 43.4 Å². The Labute approximate surface area is 115 Å². The fourth-order valence-electron chi connectivity index (χ4n) is 2.42. The zero-order valence-corrected chi connectivity index (χ0v) is 12.2. The molecule has 0 N–H and O–H groups in total. The van der Waals surface area contributed by atoms with Crippen LogP contribution in [-0.2, 0) is 14.6 Å². The highest BCUT2D eigenvalue weighted by Crippen LogP contribution is 2.35. The Morgan fingerprint density at radius 2 is 1.95 bits per heavy atom. The molecule has 3 nitrogen and oxygen atoms in total. The fraction of sp³-hybridized carbons (Fsp3) is 0.467. The number of rotatable bonds is 5. The predicted molar refractivity (Wildman–Crippen MR) is 77.4 cm³/mol. The maximum Gasteiger partial charge on any atom is 0.151 e. The van der Waals surface area contributed by atoms with E-state index in [1.165, 1.54) is 0 Å². The Bertz CT molecular complexity index is 546. The lowest BCUT2D eigenvalue weighted by molar-refractivity contribution is 0.192. The van der Waals surface area contributed by atoms with E-state index in [0.717, 1.165) is 17.6 Å². The van der Waals surface area contributed by atoms with Crippen molar-refractivity contribution in [2.75, 3.05) is 18.1 Å². The quantitative estimate of drug-likeness (QED) is 0.615. The lowest BCUT2D eigenvalue weighted by atomic mass is 9.91. The second-order valence-electron chi connectivity index (χ2n) is 5.63. The number of benzene rings is 1. The zero-order chi connectivity index (χ0) is 13.9. The van der Waals surface area contributed by atoms with Crippen LogP contribution in [0.1, 0.15) is 25.8 Å². The minimum absolute atomic E-state index is 0.0900. The summed E-state index contributed by atoms with van der Waals surface area (Å²) in [6.45, 7) is 4.58. The van der Waals surface area contributed by atoms with Gasteiger partial charge in [-0.3, -0.25) is 0 Å². The van der Waals surface area contributed by atoms with Crippen LogP contribution in [0.5, 0.6) is 0 Å². The molecule has 1 aliphatic heterocycles. The average molecular weight is 280 g/mol. The fourth-order valence-corrected chi connectivity index (χ4v) is 4.75. The molecule has 0 unspecified atom stereocenters. The summed E-state index contributed by atoms with van der Waals surface area (Å²) < 4.78 is 27.9. The molecule has 104 valence electrons. The summed E-state index contributed by atoms with van der Waals surface area (Å²) in [6.07, 6.45) is 2.54. The van der Waals surface area contributed by atoms with Crippen molar-refractivity contribution in [1.82, 2.24) is 0 Å². The number of allylic oxidation sites excluding steroid dienone is 1. The first-order valence-corrected chi connectivity index (χ1v) is 8.27. The summed E-state index contributed by atoms with van der Waals surface area (Å²) in [7, 11) is -2.76. The first-order valence-electron chi connectivity index (χ1n) is 6.45. The van der Waals surface area contributed by atoms with E-state index in [4.69, 9.17) is 4.74 Å². The molecule has 1 aliphatic rings. The molecule has 0 aliphatic carbocycles. The second kappa shape index (κ2) is 5.37. The Morgan fingerprint density at radius 3 is 2.53 bits per heavy atom. The van der Waals surface area contributed by atoms with E-state index >= 15 is 0 Å². The van der Waals surface area contributed by atoms with Crippen LogP contribution in [0, 0.1) is 5.41 Å². The highest BCUT2D eigenvalue weighted by atomic mass is 32.2. The smallest absolute Gasteiger partial charge is 0.151 e. The van der Waals surface area contributed by atoms with Gasteiger partial charge in [0.2, 0.25) is 0 Å². The van der Waals surface area contributed by atoms with E-state index in [1.807, 2.05) is 44.2 Å². The molecular weight excluding hydrogens is 260 g/mol. The third kappa shape index (κ3) is 3.83. The summed E-state index contributed by atoms with van der Waals surface area (Å²) in [4.78, 5) is 0. The van der Waals surface area contributed by atoms with Crippen LogP contribution in [0.4, 0.5) is 0 Å². The van der Waals surface area contributed by atoms with Gasteiger partial charge >= 0.3 is 0 Å². The van der Waals surface area contributed by atoms with Crippen LogP contribution in [0.2, 0.25) is 0 Å². The standard InChI is InChI=1S/C15H20O3S/c1-13(14-6-4-3-5-7-14)10-18-9-8-15(2)11-19(16,17)12-15/h3-7,10H,8-9,11-12H2,1-2H3/b13-10-. The molecule has 0 saturated carbocycles. The van der Waals surface area contributed by atoms with Gasteiger partial charge in [-0.25, -0.2) is 8.42 Å². The van der Waals surface area contributed by atoms with E-state index in [9.17, 15) is 8.42 Å². The molecule has 1 fully saturated rings. The monoisotopic (exact) mass is 280 g/mol. The van der Waals surface area contributed by atoms with Crippen LogP contribution in [0.15, 0.2) is 36.6 Å². The van der Waals surface area contributed by atoms with E-state index in [1.54, 1.807) is 6.26 Å². The molecule has 0 amide bonds. The number of sulfone groups is 1. The molecule has 1 aromatic rings. The Morgan fingerprint density at radius 1 is 1.32 bits per heavy atom. The van der Waals surface area contributed by atoms with Crippen molar-refractivity contribution < 1.29 is 13.2 Å². The van der Waals surface area contributed by atoms with Gasteiger partial charge in [0.1, 0.15) is 0 Å². The first-order chi connectivity index (χ1) is 8.90. The molecule has 0 bridgehead atoms. The average Bonchev–Trinajstić information content (AvgIpc) is 2.33. The first kappa shape index (κ1) is 14.1. The van der Waals surface area contributed by atoms with Gasteiger partial charge in [-0.15, -0.1) is 0 Å². The van der Waals surface area contributed by atoms with Crippen LogP contribution in [0.3, 0.4) is 0 Å². The van der Waals surface area contributed by atoms with Crippen LogP contribution >= 0.6 is 0 Å². The van der Waals surface area contributed by atoms with Crippen molar-refractivity contribution >= 4 is 15.4 Å². The Balaban J connectivity index is 1.78. The van der Waals surface area contributed by atoms with Crippen LogP contribution < -0.4 is 0 Å². The van der Waals surface area contributed by atoms with Crippen molar-refractivity contribution in [2.45, 2.75) is 20.3 Å². The van der Waals surface area contributed by atoms with Gasteiger partial charge in [0.15, 0.2) is 9.84 Å². The Hall–Kier alpha value is -1.29. The van der Waals surface area contributed by atoms with E-state index < -0.39 is 9.84 Å². The van der Waals surface area contributed by atoms with Crippen molar-refractivity contribution in [3.8, 4) is 0 Å². The molecule has 4 heteroatoms. The van der Waals surface area contributed by atoms with E-state index in [0.29, 0.717) is 18.1 Å². The normalized spacial score (nSPS) is 20.6. The summed E-state index contributed by atoms with van der Waals surface area (Å²) in [6, 6.07) is 10.0. The SMILES string of the molecule is C/C(=C/OCCC1(C)CS(=O)(=O)C1)c1ccccc1. The lowest BCUT2D eigenvalue weighted by Gasteiger charge is -2.37. The molecule has 1 saturated heterocycles. The van der Waals surface area contributed by atoms with Crippen molar-refractivity contribution in [3.63, 3.8) is 0 Å². The third-order valence-corrected chi connectivity index (χ3v) is 5.72. The van der Waals surface area contributed by atoms with E-state index in [-0.39, 0.29) is 5.41 Å². The maximum atomic E-state index is 11.2. The summed E-state index contributed by atoms with van der Waals surface area (Å²) >= 11 is 0. The van der Waals surface area contributed by atoms with Gasteiger partial charge in [0.25, 0.3) is 0 Å². The van der Waals surface area contributed by atoms with Gasteiger partial charge < -0.3 is 4.74 Å². The number of hydrogen-bond acceptors (Lipinski definition) is 3. The zero-order valence-electron chi connectivity index (χ0n) is 11.4. The molecule has 1 heterocycles. The molecule has 0 aromatic heterocycles. The summed E-state index contributed by atoms with van der Waals surface area (Å²) in [5.74, 6) is 0.593. The molecule has 0 radical (unpaired) electrons. The van der Waals surface area contributed by atoms with Gasteiger partial charge in [-0.1, -0.05) is 37.3 Å². The minimum atomic E-state index is -2.76. The molecular formula is C15H20O3S. The van der Waals surface area contributed by atoms with Crippen LogP contribution in [-0.4, -0.2) is 26.5 Å². The molecule has 0 spiro atoms. The lowest BCUT2D eigenvalue weighted by Crippen LogP contribution is -2.46. The highest BCUT2D eigenvalue weighted by Gasteiger charge is 2.44. The number of ether oxygens (including phenoxy) is 1. The number of hydrogen-bond donors (Lipinski definition) is 0. The van der Waals surface area contributed by atoms with Crippen LogP contribution in [0.25, 0.3) is 5.57 Å². The molecule has 1 aromatic carbocycles. The Kier molecular flexibility index (Phi) is 3.99. The van der Waals surface area contributed by atoms with Gasteiger partial charge in [-0.05, 0) is 29.9 Å². The summed E-state index contributed by atoms with van der Waals surface area (Å²) in [5.41, 5.74) is 2.12. The maximum absolute atomic E-state index is 11.2. The predicted octanol–water partition coefficient (Wildman–Crippen LogP) is 2.89. The van der Waals surface area contributed by atoms with Gasteiger partial charge in [0.05, 0.1) is 24.4 Å². The summed E-state index contributed by atoms with van der Waals surface area (Å²) in [5, 5.41) is 0. The highest BCUT2D eigenvalue weighted by molar-refractivity contribution is 7.92. The largest absolute Gasteiger partial charge is 0.501 e. The van der Waals surface area contributed by atoms with Crippen molar-refractivity contribution in [2.24, 2.45) is 5.41 Å². The van der Waals surface area contributed by atoms with Gasteiger partial charge in [-0.2, -0.15) is 0 Å². The van der Waals surface area contributed by atoms with E-state index in [2.05, 4.69) is 0 Å². The molecule has 0 atom stereocenters. The minimum Gasteiger partial charge on any atom is -0.501 e.